The van der Waals surface area contributed by atoms with Crippen LogP contribution >= 0.6 is 0 Å². The van der Waals surface area contributed by atoms with Crippen LogP contribution in [0.25, 0.3) is 0 Å². The van der Waals surface area contributed by atoms with Gasteiger partial charge in [0.05, 0.1) is 0 Å². The summed E-state index contributed by atoms with van der Waals surface area (Å²) in [6.07, 6.45) is 4.11. The zero-order valence-corrected chi connectivity index (χ0v) is 12.9. The summed E-state index contributed by atoms with van der Waals surface area (Å²) in [7, 11) is 0. The minimum atomic E-state index is 0.792. The van der Waals surface area contributed by atoms with E-state index in [1.807, 2.05) is 0 Å². The molecule has 1 heterocycles. The number of hydrogen-bond acceptors (Lipinski definition) is 2. The summed E-state index contributed by atoms with van der Waals surface area (Å²) in [5.41, 5.74) is 3.01. The Morgan fingerprint density at radius 2 is 1.90 bits per heavy atom. The van der Waals surface area contributed by atoms with Crippen LogP contribution in [-0.2, 0) is 13.1 Å². The van der Waals surface area contributed by atoms with Gasteiger partial charge in [-0.3, -0.25) is 4.90 Å². The third-order valence-corrected chi connectivity index (χ3v) is 4.92. The molecule has 1 saturated heterocycles. The Bertz CT molecular complexity index is 437. The van der Waals surface area contributed by atoms with Crippen LogP contribution in [0, 0.1) is 11.8 Å². The Kier molecular flexibility index (Phi) is 4.42. The topological polar surface area (TPSA) is 15.3 Å². The van der Waals surface area contributed by atoms with Gasteiger partial charge in [0.1, 0.15) is 0 Å². The van der Waals surface area contributed by atoms with E-state index in [0.717, 1.165) is 31.0 Å². The lowest BCUT2D eigenvalue weighted by molar-refractivity contribution is 0.296. The van der Waals surface area contributed by atoms with Crippen molar-refractivity contribution in [2.45, 2.75) is 52.2 Å². The lowest BCUT2D eigenvalue weighted by Crippen LogP contribution is -2.23. The summed E-state index contributed by atoms with van der Waals surface area (Å²) in [4.78, 5) is 2.64. The highest BCUT2D eigenvalue weighted by Crippen LogP contribution is 2.26. The molecule has 2 heteroatoms. The molecule has 0 spiro atoms. The van der Waals surface area contributed by atoms with Crippen molar-refractivity contribution in [2.24, 2.45) is 11.8 Å². The molecule has 1 aliphatic heterocycles. The number of nitrogens with zero attached hydrogens (tertiary/aromatic N) is 1. The number of nitrogens with one attached hydrogen (secondary N) is 1. The largest absolute Gasteiger partial charge is 0.310 e. The van der Waals surface area contributed by atoms with Gasteiger partial charge in [-0.05, 0) is 48.8 Å². The molecule has 1 atom stereocenters. The third-order valence-electron chi connectivity index (χ3n) is 4.92. The molecule has 2 fully saturated rings. The van der Waals surface area contributed by atoms with E-state index in [2.05, 4.69) is 48.3 Å². The predicted octanol–water partition coefficient (Wildman–Crippen LogP) is 3.42. The van der Waals surface area contributed by atoms with Gasteiger partial charge in [-0.2, -0.15) is 0 Å². The van der Waals surface area contributed by atoms with E-state index < -0.39 is 0 Å². The summed E-state index contributed by atoms with van der Waals surface area (Å²) >= 11 is 0. The van der Waals surface area contributed by atoms with Gasteiger partial charge < -0.3 is 5.32 Å². The molecule has 0 bridgehead atoms. The molecule has 1 aliphatic carbocycles. The van der Waals surface area contributed by atoms with E-state index in [9.17, 15) is 0 Å². The molecule has 0 aromatic heterocycles. The van der Waals surface area contributed by atoms with Crippen molar-refractivity contribution in [1.82, 2.24) is 10.2 Å². The molecular formula is C18H28N2. The number of benzene rings is 1. The zero-order valence-electron chi connectivity index (χ0n) is 12.9. The van der Waals surface area contributed by atoms with Crippen molar-refractivity contribution in [3.63, 3.8) is 0 Å². The smallest absolute Gasteiger partial charge is 0.0237 e. The molecule has 110 valence electrons. The van der Waals surface area contributed by atoms with Crippen molar-refractivity contribution >= 4 is 0 Å². The van der Waals surface area contributed by atoms with Crippen LogP contribution in [0.3, 0.4) is 0 Å². The van der Waals surface area contributed by atoms with Crippen LogP contribution in [-0.4, -0.2) is 24.0 Å². The monoisotopic (exact) mass is 272 g/mol. The van der Waals surface area contributed by atoms with Crippen molar-refractivity contribution < 1.29 is 0 Å². The van der Waals surface area contributed by atoms with Gasteiger partial charge in [0.2, 0.25) is 0 Å². The molecule has 2 aliphatic rings. The fourth-order valence-corrected chi connectivity index (χ4v) is 3.22. The second-order valence-electron chi connectivity index (χ2n) is 6.95. The molecule has 0 amide bonds. The molecule has 3 rings (SSSR count). The first-order valence-corrected chi connectivity index (χ1v) is 8.25. The van der Waals surface area contributed by atoms with Gasteiger partial charge in [-0.25, -0.2) is 0 Å². The Balaban J connectivity index is 1.58. The van der Waals surface area contributed by atoms with E-state index >= 15 is 0 Å². The Hall–Kier alpha value is -0.860. The van der Waals surface area contributed by atoms with Crippen molar-refractivity contribution in [3.05, 3.63) is 35.4 Å². The maximum atomic E-state index is 3.65. The SMILES string of the molecule is CC(C)C1CCN(Cc2ccccc2CNC2CC2)C1. The minimum Gasteiger partial charge on any atom is -0.310 e. The Labute approximate surface area is 123 Å². The van der Waals surface area contributed by atoms with E-state index in [0.29, 0.717) is 0 Å². The highest BCUT2D eigenvalue weighted by Gasteiger charge is 2.25. The van der Waals surface area contributed by atoms with Gasteiger partial charge >= 0.3 is 0 Å². The summed E-state index contributed by atoms with van der Waals surface area (Å²) in [6, 6.07) is 9.76. The number of likely N-dealkylation sites (tertiary alicyclic amines) is 1. The number of rotatable bonds is 6. The average Bonchev–Trinajstić information content (AvgIpc) is 3.15. The maximum Gasteiger partial charge on any atom is 0.0237 e. The molecule has 1 unspecified atom stereocenters. The number of hydrogen-bond donors (Lipinski definition) is 1. The van der Waals surface area contributed by atoms with Gasteiger partial charge in [0.25, 0.3) is 0 Å². The van der Waals surface area contributed by atoms with Crippen LogP contribution in [0.2, 0.25) is 0 Å². The molecule has 1 aromatic rings. The standard InChI is InChI=1S/C18H28N2/c1-14(2)16-9-10-20(12-16)13-17-6-4-3-5-15(17)11-19-18-7-8-18/h3-6,14,16,18-19H,7-13H2,1-2H3. The molecule has 0 radical (unpaired) electrons. The highest BCUT2D eigenvalue weighted by molar-refractivity contribution is 5.27. The predicted molar refractivity (Wildman–Crippen MR) is 84.5 cm³/mol. The van der Waals surface area contributed by atoms with Gasteiger partial charge in [-0.15, -0.1) is 0 Å². The van der Waals surface area contributed by atoms with E-state index in [4.69, 9.17) is 0 Å². The van der Waals surface area contributed by atoms with E-state index in [1.54, 1.807) is 0 Å². The van der Waals surface area contributed by atoms with Crippen molar-refractivity contribution in [2.75, 3.05) is 13.1 Å². The van der Waals surface area contributed by atoms with Crippen molar-refractivity contribution in [3.8, 4) is 0 Å². The summed E-state index contributed by atoms with van der Waals surface area (Å²) in [6.45, 7) is 9.45. The molecule has 2 nitrogen and oxygen atoms in total. The highest BCUT2D eigenvalue weighted by atomic mass is 15.1. The first kappa shape index (κ1) is 14.1. The van der Waals surface area contributed by atoms with E-state index in [1.165, 1.54) is 43.5 Å². The second kappa shape index (κ2) is 6.28. The van der Waals surface area contributed by atoms with Crippen LogP contribution in [0.1, 0.15) is 44.2 Å². The molecule has 1 N–H and O–H groups in total. The second-order valence-corrected chi connectivity index (χ2v) is 6.95. The van der Waals surface area contributed by atoms with Crippen LogP contribution in [0.15, 0.2) is 24.3 Å². The Morgan fingerprint density at radius 1 is 1.15 bits per heavy atom. The van der Waals surface area contributed by atoms with Crippen LogP contribution < -0.4 is 5.32 Å². The van der Waals surface area contributed by atoms with Gasteiger partial charge in [0.15, 0.2) is 0 Å². The fraction of sp³-hybridized carbons (Fsp3) is 0.667. The normalized spacial score (nSPS) is 23.6. The molecule has 1 aromatic carbocycles. The fourth-order valence-electron chi connectivity index (χ4n) is 3.22. The molecular weight excluding hydrogens is 244 g/mol. The first-order valence-electron chi connectivity index (χ1n) is 8.25. The summed E-state index contributed by atoms with van der Waals surface area (Å²) < 4.78 is 0. The lowest BCUT2D eigenvalue weighted by Gasteiger charge is -2.20. The van der Waals surface area contributed by atoms with Gasteiger partial charge in [-0.1, -0.05) is 38.1 Å². The van der Waals surface area contributed by atoms with Crippen LogP contribution in [0.5, 0.6) is 0 Å². The first-order chi connectivity index (χ1) is 9.72. The summed E-state index contributed by atoms with van der Waals surface area (Å²) in [5.74, 6) is 1.72. The van der Waals surface area contributed by atoms with Crippen LogP contribution in [0.4, 0.5) is 0 Å². The van der Waals surface area contributed by atoms with Gasteiger partial charge in [0, 0.05) is 25.7 Å². The summed E-state index contributed by atoms with van der Waals surface area (Å²) in [5, 5.41) is 3.65. The quantitative estimate of drug-likeness (QED) is 0.853. The minimum absolute atomic E-state index is 0.792. The third kappa shape index (κ3) is 3.62. The Morgan fingerprint density at radius 3 is 2.55 bits per heavy atom. The molecule has 1 saturated carbocycles. The van der Waals surface area contributed by atoms with E-state index in [-0.39, 0.29) is 0 Å². The van der Waals surface area contributed by atoms with Crippen molar-refractivity contribution in [1.29, 1.82) is 0 Å². The maximum absolute atomic E-state index is 3.65. The average molecular weight is 272 g/mol. The lowest BCUT2D eigenvalue weighted by atomic mass is 9.95. The molecule has 20 heavy (non-hydrogen) atoms. The zero-order chi connectivity index (χ0) is 13.9.